The maximum absolute atomic E-state index is 12.7. The molecule has 0 aliphatic rings. The molecule has 9 heteroatoms. The molecule has 3 aromatic rings. The third kappa shape index (κ3) is 4.47. The summed E-state index contributed by atoms with van der Waals surface area (Å²) in [6.45, 7) is 1.73. The molecule has 0 atom stereocenters. The van der Waals surface area contributed by atoms with Gasteiger partial charge in [-0.25, -0.2) is 13.6 Å². The summed E-state index contributed by atoms with van der Waals surface area (Å²) in [7, 11) is -2.29. The van der Waals surface area contributed by atoms with E-state index in [9.17, 15) is 18.0 Å². The molecule has 0 aliphatic heterocycles. The van der Waals surface area contributed by atoms with Crippen molar-refractivity contribution in [3.05, 3.63) is 59.9 Å². The van der Waals surface area contributed by atoms with Crippen molar-refractivity contribution >= 4 is 21.7 Å². The predicted molar refractivity (Wildman–Crippen MR) is 111 cm³/mol. The van der Waals surface area contributed by atoms with Crippen LogP contribution in [0.3, 0.4) is 0 Å². The minimum absolute atomic E-state index is 0.00770. The molecule has 0 saturated carbocycles. The minimum Gasteiger partial charge on any atom is -0.360 e. The maximum atomic E-state index is 12.7. The largest absolute Gasteiger partial charge is 0.360 e. The Morgan fingerprint density at radius 1 is 1.07 bits per heavy atom. The van der Waals surface area contributed by atoms with E-state index < -0.39 is 10.0 Å². The molecular weight excluding hydrogens is 406 g/mol. The zero-order chi connectivity index (χ0) is 21.9. The number of nitrogens with zero attached hydrogens (tertiary/aromatic N) is 1. The fourth-order valence-electron chi connectivity index (χ4n) is 3.13. The van der Waals surface area contributed by atoms with Crippen LogP contribution in [0.4, 0.5) is 0 Å². The molecule has 0 spiro atoms. The topological polar surface area (TPSA) is 132 Å². The van der Waals surface area contributed by atoms with Gasteiger partial charge in [-0.05, 0) is 24.6 Å². The van der Waals surface area contributed by atoms with Crippen LogP contribution in [0.1, 0.15) is 29.0 Å². The average molecular weight is 427 g/mol. The Bertz CT molecular complexity index is 1200. The summed E-state index contributed by atoms with van der Waals surface area (Å²) in [6, 6.07) is 13.0. The van der Waals surface area contributed by atoms with Crippen molar-refractivity contribution in [1.82, 2.24) is 10.5 Å². The molecule has 3 rings (SSSR count). The van der Waals surface area contributed by atoms with Crippen molar-refractivity contribution in [3.8, 4) is 22.4 Å². The number of Topliss-reactive ketones (excluding diaryl/α,β-unsaturated/α-hetero) is 1. The Kier molecular flexibility index (Phi) is 6.14. The second-order valence-corrected chi connectivity index (χ2v) is 8.24. The van der Waals surface area contributed by atoms with Gasteiger partial charge in [-0.2, -0.15) is 0 Å². The van der Waals surface area contributed by atoms with E-state index in [1.807, 2.05) is 0 Å². The van der Waals surface area contributed by atoms with Crippen LogP contribution >= 0.6 is 0 Å². The number of carbonyl (C=O) groups excluding carboxylic acids is 2. The Morgan fingerprint density at radius 2 is 1.73 bits per heavy atom. The number of ketones is 1. The zero-order valence-electron chi connectivity index (χ0n) is 16.5. The quantitative estimate of drug-likeness (QED) is 0.557. The zero-order valence-corrected chi connectivity index (χ0v) is 17.3. The monoisotopic (exact) mass is 427 g/mol. The normalized spacial score (nSPS) is 11.3. The lowest BCUT2D eigenvalue weighted by Gasteiger charge is -2.09. The molecule has 8 nitrogen and oxygen atoms in total. The number of benzene rings is 2. The van der Waals surface area contributed by atoms with Gasteiger partial charge < -0.3 is 9.84 Å². The third-order valence-electron chi connectivity index (χ3n) is 4.67. The van der Waals surface area contributed by atoms with Crippen LogP contribution in [0.15, 0.2) is 57.9 Å². The Labute approximate surface area is 174 Å². The Balaban J connectivity index is 2.03. The lowest BCUT2D eigenvalue weighted by atomic mass is 9.93. The summed E-state index contributed by atoms with van der Waals surface area (Å²) >= 11 is 0. The number of hydrogen-bond acceptors (Lipinski definition) is 6. The minimum atomic E-state index is -3.81. The van der Waals surface area contributed by atoms with Crippen LogP contribution < -0.4 is 10.5 Å². The summed E-state index contributed by atoms with van der Waals surface area (Å²) in [6.07, 6.45) is 0.148. The summed E-state index contributed by atoms with van der Waals surface area (Å²) in [5.41, 5.74) is 2.77. The molecule has 1 amide bonds. The number of rotatable bonds is 7. The van der Waals surface area contributed by atoms with Crippen LogP contribution in [-0.4, -0.2) is 32.3 Å². The number of nitrogens with two attached hydrogens (primary N) is 1. The first-order valence-corrected chi connectivity index (χ1v) is 10.7. The first kappa shape index (κ1) is 21.4. The van der Waals surface area contributed by atoms with Crippen molar-refractivity contribution in [2.75, 3.05) is 7.05 Å². The lowest BCUT2D eigenvalue weighted by Crippen LogP contribution is -2.18. The van der Waals surface area contributed by atoms with Gasteiger partial charge in [0.2, 0.25) is 15.9 Å². The van der Waals surface area contributed by atoms with Crippen LogP contribution in [0.2, 0.25) is 0 Å². The summed E-state index contributed by atoms with van der Waals surface area (Å²) in [5, 5.41) is 11.8. The molecule has 1 aromatic heterocycles. The summed E-state index contributed by atoms with van der Waals surface area (Å²) in [4.78, 5) is 24.2. The van der Waals surface area contributed by atoms with Gasteiger partial charge in [-0.3, -0.25) is 9.59 Å². The van der Waals surface area contributed by atoms with Gasteiger partial charge in [0.15, 0.2) is 5.78 Å². The number of aryl methyl sites for hydroxylation is 1. The second-order valence-electron chi connectivity index (χ2n) is 6.67. The number of primary sulfonamides is 1. The van der Waals surface area contributed by atoms with E-state index in [1.165, 1.54) is 19.2 Å². The molecule has 0 unspecified atom stereocenters. The lowest BCUT2D eigenvalue weighted by molar-refractivity contribution is -0.120. The summed E-state index contributed by atoms with van der Waals surface area (Å²) < 4.78 is 28.4. The standard InChI is InChI=1S/C21H21N3O5S/c1-13-20(14-7-9-15(10-8-14)30(22,27)28)21(24-29-13)17-6-4-3-5-16(17)18(25)11-12-19(26)23-2/h3-10H,11-12H2,1-2H3,(H,23,26)(H2,22,27,28). The van der Waals surface area contributed by atoms with E-state index in [4.69, 9.17) is 9.66 Å². The molecule has 0 radical (unpaired) electrons. The molecule has 0 aliphatic carbocycles. The third-order valence-corrected chi connectivity index (χ3v) is 5.60. The predicted octanol–water partition coefficient (Wildman–Crippen LogP) is 2.67. The van der Waals surface area contributed by atoms with Gasteiger partial charge in [0.25, 0.3) is 0 Å². The van der Waals surface area contributed by atoms with Gasteiger partial charge in [0.1, 0.15) is 11.5 Å². The van der Waals surface area contributed by atoms with Crippen LogP contribution in [0.5, 0.6) is 0 Å². The fraction of sp³-hybridized carbons (Fsp3) is 0.190. The molecule has 0 fully saturated rings. The highest BCUT2D eigenvalue weighted by molar-refractivity contribution is 7.89. The maximum Gasteiger partial charge on any atom is 0.238 e. The van der Waals surface area contributed by atoms with E-state index in [0.29, 0.717) is 33.7 Å². The molecule has 1 heterocycles. The van der Waals surface area contributed by atoms with E-state index in [2.05, 4.69) is 10.5 Å². The number of hydrogen-bond donors (Lipinski definition) is 2. The van der Waals surface area contributed by atoms with Crippen molar-refractivity contribution in [1.29, 1.82) is 0 Å². The number of amides is 1. The van der Waals surface area contributed by atoms with Gasteiger partial charge in [0.05, 0.1) is 10.5 Å². The van der Waals surface area contributed by atoms with Gasteiger partial charge >= 0.3 is 0 Å². The SMILES string of the molecule is CNC(=O)CCC(=O)c1ccccc1-c1noc(C)c1-c1ccc(S(N)(=O)=O)cc1. The fourth-order valence-corrected chi connectivity index (χ4v) is 3.64. The number of carbonyl (C=O) groups is 2. The highest BCUT2D eigenvalue weighted by Gasteiger charge is 2.22. The van der Waals surface area contributed by atoms with Crippen molar-refractivity contribution in [3.63, 3.8) is 0 Å². The van der Waals surface area contributed by atoms with Gasteiger partial charge in [-0.15, -0.1) is 0 Å². The van der Waals surface area contributed by atoms with E-state index in [0.717, 1.165) is 0 Å². The smallest absolute Gasteiger partial charge is 0.238 e. The van der Waals surface area contributed by atoms with Crippen LogP contribution in [0.25, 0.3) is 22.4 Å². The Hall–Kier alpha value is -3.30. The van der Waals surface area contributed by atoms with E-state index in [-0.39, 0.29) is 29.4 Å². The first-order chi connectivity index (χ1) is 14.2. The van der Waals surface area contributed by atoms with Crippen molar-refractivity contribution in [2.24, 2.45) is 5.14 Å². The molecule has 2 aromatic carbocycles. The number of aromatic nitrogens is 1. The highest BCUT2D eigenvalue weighted by atomic mass is 32.2. The molecular formula is C21H21N3O5S. The van der Waals surface area contributed by atoms with Crippen LogP contribution in [-0.2, 0) is 14.8 Å². The molecule has 30 heavy (non-hydrogen) atoms. The average Bonchev–Trinajstić information content (AvgIpc) is 3.12. The molecule has 0 saturated heterocycles. The van der Waals surface area contributed by atoms with Crippen molar-refractivity contribution in [2.45, 2.75) is 24.7 Å². The highest BCUT2D eigenvalue weighted by Crippen LogP contribution is 2.36. The molecule has 156 valence electrons. The Morgan fingerprint density at radius 3 is 2.37 bits per heavy atom. The van der Waals surface area contributed by atoms with Crippen LogP contribution in [0, 0.1) is 6.92 Å². The van der Waals surface area contributed by atoms with Crippen molar-refractivity contribution < 1.29 is 22.5 Å². The molecule has 3 N–H and O–H groups in total. The van der Waals surface area contributed by atoms with E-state index in [1.54, 1.807) is 43.3 Å². The second kappa shape index (κ2) is 8.60. The first-order valence-electron chi connectivity index (χ1n) is 9.15. The molecule has 0 bridgehead atoms. The summed E-state index contributed by atoms with van der Waals surface area (Å²) in [5.74, 6) is 0.111. The number of nitrogens with one attached hydrogen (secondary N) is 1. The van der Waals surface area contributed by atoms with Gasteiger partial charge in [-0.1, -0.05) is 41.6 Å². The van der Waals surface area contributed by atoms with Gasteiger partial charge in [0, 0.05) is 31.0 Å². The number of sulfonamides is 1. The van der Waals surface area contributed by atoms with E-state index >= 15 is 0 Å².